The standard InChI is InChI=1S/C20H19ClFN3O2/c1-27-16-5-3-15(4-6-16)25-18-7-2-13(12-17(18)19(21)23-25)20(26)24-10-8-14(22)9-11-24/h2-7,12,14H,8-11H2,1H3. The third-order valence-corrected chi connectivity index (χ3v) is 5.19. The summed E-state index contributed by atoms with van der Waals surface area (Å²) in [6.07, 6.45) is -0.0254. The number of hydrogen-bond donors (Lipinski definition) is 0. The summed E-state index contributed by atoms with van der Waals surface area (Å²) in [4.78, 5) is 14.4. The van der Waals surface area contributed by atoms with Crippen LogP contribution in [0.1, 0.15) is 23.2 Å². The van der Waals surface area contributed by atoms with Gasteiger partial charge < -0.3 is 9.64 Å². The van der Waals surface area contributed by atoms with Crippen LogP contribution in [0.4, 0.5) is 4.39 Å². The number of methoxy groups -OCH3 is 1. The molecule has 0 bridgehead atoms. The van der Waals surface area contributed by atoms with E-state index in [0.717, 1.165) is 17.0 Å². The Hall–Kier alpha value is -2.60. The van der Waals surface area contributed by atoms with E-state index in [1.165, 1.54) is 0 Å². The molecule has 7 heteroatoms. The predicted octanol–water partition coefficient (Wildman–Crippen LogP) is 4.26. The van der Waals surface area contributed by atoms with Crippen molar-refractivity contribution in [3.05, 3.63) is 53.2 Å². The maximum absolute atomic E-state index is 13.3. The zero-order valence-corrected chi connectivity index (χ0v) is 15.6. The van der Waals surface area contributed by atoms with E-state index in [1.54, 1.807) is 28.8 Å². The summed E-state index contributed by atoms with van der Waals surface area (Å²) in [6, 6.07) is 12.8. The second-order valence-corrected chi connectivity index (χ2v) is 6.96. The van der Waals surface area contributed by atoms with Crippen LogP contribution in [0.3, 0.4) is 0 Å². The van der Waals surface area contributed by atoms with Crippen molar-refractivity contribution in [1.82, 2.24) is 14.7 Å². The second kappa shape index (κ2) is 7.19. The first-order chi connectivity index (χ1) is 13.1. The largest absolute Gasteiger partial charge is 0.497 e. The van der Waals surface area contributed by atoms with Gasteiger partial charge >= 0.3 is 0 Å². The lowest BCUT2D eigenvalue weighted by Crippen LogP contribution is -2.39. The van der Waals surface area contributed by atoms with Crippen LogP contribution < -0.4 is 4.74 Å². The quantitative estimate of drug-likeness (QED) is 0.674. The SMILES string of the molecule is COc1ccc(-n2nc(Cl)c3cc(C(=O)N4CCC(F)CC4)ccc32)cc1. The Bertz CT molecular complexity index is 979. The molecule has 0 saturated carbocycles. The molecule has 27 heavy (non-hydrogen) atoms. The number of halogens is 2. The van der Waals surface area contributed by atoms with Gasteiger partial charge in [0.05, 0.1) is 18.3 Å². The third kappa shape index (κ3) is 3.37. The van der Waals surface area contributed by atoms with E-state index in [4.69, 9.17) is 16.3 Å². The van der Waals surface area contributed by atoms with E-state index in [2.05, 4.69) is 5.10 Å². The Balaban J connectivity index is 1.67. The number of hydrogen-bond acceptors (Lipinski definition) is 3. The van der Waals surface area contributed by atoms with Crippen LogP contribution in [0, 0.1) is 0 Å². The maximum Gasteiger partial charge on any atom is 0.253 e. The van der Waals surface area contributed by atoms with Crippen LogP contribution in [0.25, 0.3) is 16.6 Å². The molecule has 1 saturated heterocycles. The van der Waals surface area contributed by atoms with Crippen molar-refractivity contribution >= 4 is 28.4 Å². The maximum atomic E-state index is 13.3. The Morgan fingerprint density at radius 3 is 2.56 bits per heavy atom. The van der Waals surface area contributed by atoms with Crippen molar-refractivity contribution in [2.75, 3.05) is 20.2 Å². The molecule has 1 aliphatic heterocycles. The van der Waals surface area contributed by atoms with Crippen LogP contribution in [-0.4, -0.2) is 47.0 Å². The molecule has 1 aromatic heterocycles. The van der Waals surface area contributed by atoms with Crippen molar-refractivity contribution in [2.45, 2.75) is 19.0 Å². The summed E-state index contributed by atoms with van der Waals surface area (Å²) < 4.78 is 20.2. The molecule has 140 valence electrons. The first kappa shape index (κ1) is 17.8. The minimum atomic E-state index is -0.811. The van der Waals surface area contributed by atoms with E-state index < -0.39 is 6.17 Å². The molecule has 0 spiro atoms. The van der Waals surface area contributed by atoms with Gasteiger partial charge in [0.15, 0.2) is 5.15 Å². The van der Waals surface area contributed by atoms with Gasteiger partial charge in [0.2, 0.25) is 0 Å². The molecule has 1 fully saturated rings. The van der Waals surface area contributed by atoms with Crippen molar-refractivity contribution in [3.63, 3.8) is 0 Å². The first-order valence-electron chi connectivity index (χ1n) is 8.83. The summed E-state index contributed by atoms with van der Waals surface area (Å²) in [5.41, 5.74) is 2.19. The second-order valence-electron chi connectivity index (χ2n) is 6.60. The molecule has 0 aliphatic carbocycles. The highest BCUT2D eigenvalue weighted by Crippen LogP contribution is 2.28. The summed E-state index contributed by atoms with van der Waals surface area (Å²) in [6.45, 7) is 0.883. The fraction of sp³-hybridized carbons (Fsp3) is 0.300. The summed E-state index contributed by atoms with van der Waals surface area (Å²) in [7, 11) is 1.61. The minimum absolute atomic E-state index is 0.0999. The number of fused-ring (bicyclic) bond motifs is 1. The van der Waals surface area contributed by atoms with Crippen LogP contribution in [0.15, 0.2) is 42.5 Å². The minimum Gasteiger partial charge on any atom is -0.497 e. The van der Waals surface area contributed by atoms with Crippen molar-refractivity contribution in [3.8, 4) is 11.4 Å². The van der Waals surface area contributed by atoms with E-state index in [9.17, 15) is 9.18 Å². The molecular weight excluding hydrogens is 369 g/mol. The molecule has 3 aromatic rings. The lowest BCUT2D eigenvalue weighted by Gasteiger charge is -2.28. The first-order valence-corrected chi connectivity index (χ1v) is 9.20. The van der Waals surface area contributed by atoms with Crippen molar-refractivity contribution < 1.29 is 13.9 Å². The average molecular weight is 388 g/mol. The Morgan fingerprint density at radius 2 is 1.89 bits per heavy atom. The monoisotopic (exact) mass is 387 g/mol. The zero-order chi connectivity index (χ0) is 19.0. The number of carbonyl (C=O) groups excluding carboxylic acids is 1. The molecule has 0 radical (unpaired) electrons. The van der Waals surface area contributed by atoms with Crippen LogP contribution in [0.5, 0.6) is 5.75 Å². The molecule has 0 atom stereocenters. The van der Waals surface area contributed by atoms with E-state index in [-0.39, 0.29) is 5.91 Å². The molecule has 2 aromatic carbocycles. The fourth-order valence-electron chi connectivity index (χ4n) is 3.37. The molecule has 1 amide bonds. The van der Waals surface area contributed by atoms with Gasteiger partial charge in [-0.25, -0.2) is 9.07 Å². The van der Waals surface area contributed by atoms with Crippen molar-refractivity contribution in [2.24, 2.45) is 0 Å². The highest BCUT2D eigenvalue weighted by molar-refractivity contribution is 6.34. The number of nitrogens with zero attached hydrogens (tertiary/aromatic N) is 3. The number of benzene rings is 2. The third-order valence-electron chi connectivity index (χ3n) is 4.91. The van der Waals surface area contributed by atoms with Gasteiger partial charge in [0.25, 0.3) is 5.91 Å². The Morgan fingerprint density at radius 1 is 1.19 bits per heavy atom. The van der Waals surface area contributed by atoms with Gasteiger partial charge in [-0.15, -0.1) is 0 Å². The lowest BCUT2D eigenvalue weighted by molar-refractivity contribution is 0.0667. The lowest BCUT2D eigenvalue weighted by atomic mass is 10.1. The Labute approximate surface area is 161 Å². The van der Waals surface area contributed by atoms with E-state index in [1.807, 2.05) is 30.3 Å². The highest BCUT2D eigenvalue weighted by atomic mass is 35.5. The number of carbonyl (C=O) groups is 1. The molecule has 0 unspecified atom stereocenters. The van der Waals surface area contributed by atoms with Gasteiger partial charge in [0, 0.05) is 24.0 Å². The normalized spacial score (nSPS) is 15.3. The van der Waals surface area contributed by atoms with Gasteiger partial charge in [0.1, 0.15) is 11.9 Å². The van der Waals surface area contributed by atoms with Crippen molar-refractivity contribution in [1.29, 1.82) is 0 Å². The predicted molar refractivity (Wildman–Crippen MR) is 103 cm³/mol. The molecular formula is C20H19ClFN3O2. The van der Waals surface area contributed by atoms with Crippen LogP contribution >= 0.6 is 11.6 Å². The number of amides is 1. The molecule has 1 aliphatic rings. The summed E-state index contributed by atoms with van der Waals surface area (Å²) in [5, 5.41) is 5.44. The topological polar surface area (TPSA) is 47.4 Å². The highest BCUT2D eigenvalue weighted by Gasteiger charge is 2.24. The molecule has 5 nitrogen and oxygen atoms in total. The van der Waals surface area contributed by atoms with Gasteiger partial charge in [-0.05, 0) is 55.3 Å². The zero-order valence-electron chi connectivity index (χ0n) is 14.9. The smallest absolute Gasteiger partial charge is 0.253 e. The number of piperidine rings is 1. The Kier molecular flexibility index (Phi) is 4.74. The van der Waals surface area contributed by atoms with Crippen LogP contribution in [-0.2, 0) is 0 Å². The molecule has 2 heterocycles. The van der Waals surface area contributed by atoms with Gasteiger partial charge in [-0.1, -0.05) is 11.6 Å². The number of likely N-dealkylation sites (tertiary alicyclic amines) is 1. The van der Waals surface area contributed by atoms with Crippen LogP contribution in [0.2, 0.25) is 5.15 Å². The van der Waals surface area contributed by atoms with E-state index >= 15 is 0 Å². The number of aromatic nitrogens is 2. The molecule has 0 N–H and O–H groups in total. The van der Waals surface area contributed by atoms with Gasteiger partial charge in [-0.3, -0.25) is 4.79 Å². The molecule has 4 rings (SSSR count). The summed E-state index contributed by atoms with van der Waals surface area (Å²) in [5.74, 6) is 0.656. The number of ether oxygens (including phenoxy) is 1. The fourth-order valence-corrected chi connectivity index (χ4v) is 3.60. The van der Waals surface area contributed by atoms with Gasteiger partial charge in [-0.2, -0.15) is 5.10 Å². The van der Waals surface area contributed by atoms with E-state index in [0.29, 0.717) is 42.0 Å². The summed E-state index contributed by atoms with van der Waals surface area (Å²) >= 11 is 6.34. The average Bonchev–Trinajstić information content (AvgIpc) is 3.04. The number of rotatable bonds is 3. The number of alkyl halides is 1.